The van der Waals surface area contributed by atoms with Crippen LogP contribution in [0.4, 0.5) is 9.18 Å². The molecule has 4 rings (SSSR count). The summed E-state index contributed by atoms with van der Waals surface area (Å²) in [5, 5.41) is 6.70. The molecule has 2 aromatic rings. The van der Waals surface area contributed by atoms with Crippen LogP contribution in [0.2, 0.25) is 0 Å². The molecule has 1 unspecified atom stereocenters. The molecule has 2 aliphatic rings. The van der Waals surface area contributed by atoms with Gasteiger partial charge in [-0.25, -0.2) is 14.0 Å². The Hall–Kier alpha value is -3.24. The fraction of sp³-hybridized carbons (Fsp3) is 0.375. The average molecular weight is 487 g/mol. The van der Waals surface area contributed by atoms with Crippen LogP contribution >= 0.6 is 11.3 Å². The normalized spacial score (nSPS) is 19.3. The minimum atomic E-state index is -0.590. The number of benzene rings is 1. The van der Waals surface area contributed by atoms with Crippen molar-refractivity contribution in [1.29, 1.82) is 0 Å². The number of nitrogens with one attached hydrogen (secondary N) is 1. The third-order valence-corrected chi connectivity index (χ3v) is 6.79. The third kappa shape index (κ3) is 4.83. The van der Waals surface area contributed by atoms with E-state index in [1.165, 1.54) is 28.4 Å². The van der Waals surface area contributed by atoms with Gasteiger partial charge in [0.05, 0.1) is 23.8 Å². The number of halogens is 1. The lowest BCUT2D eigenvalue weighted by atomic mass is 9.96. The Morgan fingerprint density at radius 3 is 2.56 bits per heavy atom. The number of rotatable bonds is 6. The summed E-state index contributed by atoms with van der Waals surface area (Å²) >= 11 is 1.49. The topological polar surface area (TPSA) is 82.2 Å². The van der Waals surface area contributed by atoms with Gasteiger partial charge in [-0.2, -0.15) is 11.3 Å². The SMILES string of the molecule is CCOC(=O)C1=C(CN2CCN(C(=O)c3ccccc3F)CC2)N(C)C(=O)NC1c1ccsc1. The van der Waals surface area contributed by atoms with E-state index < -0.39 is 17.8 Å². The van der Waals surface area contributed by atoms with Crippen LogP contribution < -0.4 is 5.32 Å². The summed E-state index contributed by atoms with van der Waals surface area (Å²) in [6.45, 7) is 4.20. The van der Waals surface area contributed by atoms with Crippen LogP contribution in [0.1, 0.15) is 28.9 Å². The first-order valence-corrected chi connectivity index (χ1v) is 12.1. The highest BCUT2D eigenvalue weighted by Gasteiger charge is 2.38. The number of hydrogen-bond donors (Lipinski definition) is 1. The largest absolute Gasteiger partial charge is 0.463 e. The molecule has 3 amide bonds. The zero-order chi connectivity index (χ0) is 24.2. The Bertz CT molecular complexity index is 1100. The minimum Gasteiger partial charge on any atom is -0.463 e. The van der Waals surface area contributed by atoms with Crippen LogP contribution in [0.25, 0.3) is 0 Å². The van der Waals surface area contributed by atoms with E-state index in [0.29, 0.717) is 44.0 Å². The zero-order valence-electron chi connectivity index (χ0n) is 19.1. The lowest BCUT2D eigenvalue weighted by Crippen LogP contribution is -2.53. The molecule has 0 aliphatic carbocycles. The lowest BCUT2D eigenvalue weighted by molar-refractivity contribution is -0.139. The second-order valence-corrected chi connectivity index (χ2v) is 8.91. The predicted molar refractivity (Wildman–Crippen MR) is 126 cm³/mol. The number of thiophene rings is 1. The van der Waals surface area contributed by atoms with Crippen molar-refractivity contribution in [2.24, 2.45) is 0 Å². The fourth-order valence-corrected chi connectivity index (χ4v) is 4.90. The molecular formula is C24H27FN4O4S. The van der Waals surface area contributed by atoms with Gasteiger partial charge in [0.25, 0.3) is 5.91 Å². The smallest absolute Gasteiger partial charge is 0.338 e. The van der Waals surface area contributed by atoms with Crippen molar-refractivity contribution in [2.75, 3.05) is 46.4 Å². The highest BCUT2D eigenvalue weighted by atomic mass is 32.1. The van der Waals surface area contributed by atoms with Crippen molar-refractivity contribution in [2.45, 2.75) is 13.0 Å². The van der Waals surface area contributed by atoms with Gasteiger partial charge in [0, 0.05) is 45.5 Å². The van der Waals surface area contributed by atoms with Crippen LogP contribution in [-0.4, -0.2) is 79.0 Å². The molecule has 1 atom stereocenters. The predicted octanol–water partition coefficient (Wildman–Crippen LogP) is 2.86. The molecule has 0 radical (unpaired) electrons. The summed E-state index contributed by atoms with van der Waals surface area (Å²) in [6, 6.07) is 6.95. The summed E-state index contributed by atoms with van der Waals surface area (Å²) in [6.07, 6.45) is 0. The van der Waals surface area contributed by atoms with E-state index in [4.69, 9.17) is 4.74 Å². The van der Waals surface area contributed by atoms with E-state index in [1.807, 2.05) is 16.8 Å². The molecule has 34 heavy (non-hydrogen) atoms. The summed E-state index contributed by atoms with van der Waals surface area (Å²) < 4.78 is 19.4. The van der Waals surface area contributed by atoms with Crippen LogP contribution in [0, 0.1) is 5.82 Å². The van der Waals surface area contributed by atoms with Gasteiger partial charge in [0.1, 0.15) is 5.82 Å². The van der Waals surface area contributed by atoms with E-state index in [1.54, 1.807) is 31.0 Å². The Kier molecular flexibility index (Phi) is 7.28. The summed E-state index contributed by atoms with van der Waals surface area (Å²) in [7, 11) is 1.63. The number of carbonyl (C=O) groups is 3. The van der Waals surface area contributed by atoms with E-state index in [0.717, 1.165) is 5.56 Å². The number of nitrogens with zero attached hydrogens (tertiary/aromatic N) is 3. The maximum Gasteiger partial charge on any atom is 0.338 e. The second-order valence-electron chi connectivity index (χ2n) is 8.13. The van der Waals surface area contributed by atoms with Gasteiger partial charge in [-0.05, 0) is 41.4 Å². The van der Waals surface area contributed by atoms with Crippen LogP contribution in [0.3, 0.4) is 0 Å². The number of hydrogen-bond acceptors (Lipinski definition) is 6. The van der Waals surface area contributed by atoms with Crippen molar-refractivity contribution < 1.29 is 23.5 Å². The Labute approximate surface area is 201 Å². The van der Waals surface area contributed by atoms with E-state index in [2.05, 4.69) is 10.2 Å². The van der Waals surface area contributed by atoms with Crippen molar-refractivity contribution >= 4 is 29.2 Å². The molecule has 1 aromatic carbocycles. The molecule has 0 bridgehead atoms. The molecular weight excluding hydrogens is 459 g/mol. The fourth-order valence-electron chi connectivity index (χ4n) is 4.21. The van der Waals surface area contributed by atoms with E-state index in [-0.39, 0.29) is 24.1 Å². The van der Waals surface area contributed by atoms with Gasteiger partial charge in [0.15, 0.2) is 0 Å². The van der Waals surface area contributed by atoms with Crippen LogP contribution in [0.15, 0.2) is 52.4 Å². The van der Waals surface area contributed by atoms with Crippen molar-refractivity contribution in [3.05, 3.63) is 69.3 Å². The molecule has 10 heteroatoms. The average Bonchev–Trinajstić information content (AvgIpc) is 3.37. The first-order chi connectivity index (χ1) is 16.4. The standard InChI is InChI=1S/C24H27FN4O4S/c1-3-33-23(31)20-19(27(2)24(32)26-21(20)16-8-13-34-15-16)14-28-9-11-29(12-10-28)22(30)17-6-4-5-7-18(17)25/h4-8,13,15,21H,3,9-12,14H2,1-2H3,(H,26,32). The lowest BCUT2D eigenvalue weighted by Gasteiger charge is -2.39. The maximum absolute atomic E-state index is 14.0. The first-order valence-electron chi connectivity index (χ1n) is 11.1. The number of ether oxygens (including phenoxy) is 1. The third-order valence-electron chi connectivity index (χ3n) is 6.09. The molecule has 0 saturated carbocycles. The van der Waals surface area contributed by atoms with Crippen molar-refractivity contribution in [3.8, 4) is 0 Å². The Morgan fingerprint density at radius 2 is 1.91 bits per heavy atom. The Balaban J connectivity index is 1.54. The number of likely N-dealkylation sites (N-methyl/N-ethyl adjacent to an activating group) is 1. The van der Waals surface area contributed by atoms with Gasteiger partial charge in [-0.3, -0.25) is 14.6 Å². The van der Waals surface area contributed by atoms with Crippen molar-refractivity contribution in [1.82, 2.24) is 20.0 Å². The van der Waals surface area contributed by atoms with E-state index >= 15 is 0 Å². The van der Waals surface area contributed by atoms with Gasteiger partial charge >= 0.3 is 12.0 Å². The van der Waals surface area contributed by atoms with Crippen molar-refractivity contribution in [3.63, 3.8) is 0 Å². The molecule has 1 N–H and O–H groups in total. The summed E-state index contributed by atoms with van der Waals surface area (Å²) in [5.74, 6) is -1.33. The molecule has 8 nitrogen and oxygen atoms in total. The van der Waals surface area contributed by atoms with E-state index in [9.17, 15) is 18.8 Å². The number of esters is 1. The van der Waals surface area contributed by atoms with Gasteiger partial charge in [-0.1, -0.05) is 12.1 Å². The molecule has 2 aliphatic heterocycles. The number of amides is 3. The maximum atomic E-state index is 14.0. The molecule has 1 saturated heterocycles. The summed E-state index contributed by atoms with van der Waals surface area (Å²) in [4.78, 5) is 43.6. The number of carbonyl (C=O) groups excluding carboxylic acids is 3. The zero-order valence-corrected chi connectivity index (χ0v) is 19.9. The second kappa shape index (κ2) is 10.4. The molecule has 180 valence electrons. The van der Waals surface area contributed by atoms with Crippen LogP contribution in [-0.2, 0) is 9.53 Å². The molecule has 0 spiro atoms. The highest BCUT2D eigenvalue weighted by molar-refractivity contribution is 7.08. The first kappa shape index (κ1) is 23.9. The monoisotopic (exact) mass is 486 g/mol. The molecule has 1 aromatic heterocycles. The quantitative estimate of drug-likeness (QED) is 0.635. The Morgan fingerprint density at radius 1 is 1.18 bits per heavy atom. The van der Waals surface area contributed by atoms with Gasteiger partial charge < -0.3 is 15.0 Å². The number of urea groups is 1. The van der Waals surface area contributed by atoms with Gasteiger partial charge in [-0.15, -0.1) is 0 Å². The molecule has 1 fully saturated rings. The molecule has 3 heterocycles. The number of piperazine rings is 1. The minimum absolute atomic E-state index is 0.0607. The highest BCUT2D eigenvalue weighted by Crippen LogP contribution is 2.32. The van der Waals surface area contributed by atoms with Crippen LogP contribution in [0.5, 0.6) is 0 Å². The summed E-state index contributed by atoms with van der Waals surface area (Å²) in [5.41, 5.74) is 1.87. The van der Waals surface area contributed by atoms with Gasteiger partial charge in [0.2, 0.25) is 0 Å².